The van der Waals surface area contributed by atoms with E-state index in [2.05, 4.69) is 21.3 Å². The SMILES string of the molecule is CCCC(NC(=O)[C@@H]1CCCN1C(=O)[C@@H](NC(=O)OCC(C)C)C1CCCCC1)C(=O)C(=O)NCC(=O)NCC(=O)OC(C)(C)C.c1ccccc1.c1ccccc1. The van der Waals surface area contributed by atoms with Gasteiger partial charge in [0.1, 0.15) is 24.2 Å². The van der Waals surface area contributed by atoms with Gasteiger partial charge in [-0.1, -0.05) is 119 Å². The second-order valence-electron chi connectivity index (χ2n) is 15.8. The Hall–Kier alpha value is -5.27. The minimum Gasteiger partial charge on any atom is -0.459 e. The monoisotopic (exact) mass is 807 g/mol. The number of Topliss-reactive ketones (excluding diaryl/α,β-unsaturated/α-hetero) is 1. The first-order chi connectivity index (χ1) is 27.6. The third-order valence-corrected chi connectivity index (χ3v) is 9.07. The van der Waals surface area contributed by atoms with Gasteiger partial charge in [-0.25, -0.2) is 4.79 Å². The molecule has 14 nitrogen and oxygen atoms in total. The number of esters is 1. The van der Waals surface area contributed by atoms with Crippen molar-refractivity contribution in [2.45, 2.75) is 123 Å². The van der Waals surface area contributed by atoms with Crippen LogP contribution < -0.4 is 21.3 Å². The molecule has 5 amide bonds. The van der Waals surface area contributed by atoms with Gasteiger partial charge in [0.05, 0.1) is 19.2 Å². The van der Waals surface area contributed by atoms with Crippen LogP contribution in [0.25, 0.3) is 0 Å². The molecule has 58 heavy (non-hydrogen) atoms. The molecule has 0 aromatic heterocycles. The maximum Gasteiger partial charge on any atom is 0.407 e. The van der Waals surface area contributed by atoms with Crippen LogP contribution in [-0.4, -0.2) is 96.3 Å². The highest BCUT2D eigenvalue weighted by Crippen LogP contribution is 2.29. The zero-order valence-corrected chi connectivity index (χ0v) is 35.1. The summed E-state index contributed by atoms with van der Waals surface area (Å²) in [6, 6.07) is 21.1. The van der Waals surface area contributed by atoms with E-state index >= 15 is 0 Å². The number of carbonyl (C=O) groups excluding carboxylic acids is 7. The molecule has 4 N–H and O–H groups in total. The van der Waals surface area contributed by atoms with E-state index in [4.69, 9.17) is 9.47 Å². The Morgan fingerprint density at radius 1 is 0.724 bits per heavy atom. The summed E-state index contributed by atoms with van der Waals surface area (Å²) < 4.78 is 10.4. The number of likely N-dealkylation sites (tertiary alicyclic amines) is 1. The lowest BCUT2D eigenvalue weighted by Crippen LogP contribution is -2.58. The van der Waals surface area contributed by atoms with Gasteiger partial charge in [0.15, 0.2) is 0 Å². The van der Waals surface area contributed by atoms with Gasteiger partial charge in [-0.2, -0.15) is 0 Å². The number of ether oxygens (including phenoxy) is 2. The molecule has 1 heterocycles. The highest BCUT2D eigenvalue weighted by molar-refractivity contribution is 6.38. The topological polar surface area (TPSA) is 189 Å². The molecule has 1 aliphatic heterocycles. The van der Waals surface area contributed by atoms with E-state index in [0.29, 0.717) is 25.8 Å². The number of hydrogen-bond donors (Lipinski definition) is 4. The van der Waals surface area contributed by atoms with Gasteiger partial charge in [-0.05, 0) is 64.7 Å². The van der Waals surface area contributed by atoms with Gasteiger partial charge < -0.3 is 35.6 Å². The number of nitrogens with one attached hydrogen (secondary N) is 4. The molecule has 0 spiro atoms. The van der Waals surface area contributed by atoms with Crippen molar-refractivity contribution in [2.24, 2.45) is 11.8 Å². The lowest BCUT2D eigenvalue weighted by atomic mass is 9.83. The van der Waals surface area contributed by atoms with Crippen molar-refractivity contribution in [1.82, 2.24) is 26.2 Å². The zero-order chi connectivity index (χ0) is 42.9. The minimum atomic E-state index is -1.17. The molecule has 320 valence electrons. The Balaban J connectivity index is 0.000000816. The van der Waals surface area contributed by atoms with E-state index in [1.165, 1.54) is 4.90 Å². The molecule has 14 heteroatoms. The summed E-state index contributed by atoms with van der Waals surface area (Å²) in [7, 11) is 0. The summed E-state index contributed by atoms with van der Waals surface area (Å²) in [5.74, 6) is -4.23. The molecule has 1 aliphatic carbocycles. The third-order valence-electron chi connectivity index (χ3n) is 9.07. The van der Waals surface area contributed by atoms with Crippen molar-refractivity contribution >= 4 is 41.5 Å². The van der Waals surface area contributed by atoms with Crippen LogP contribution in [-0.2, 0) is 38.2 Å². The molecule has 1 unspecified atom stereocenters. The standard InChI is InChI=1S/C32H53N5O9.2C6H6/c1-7-12-22(27(40)29(42)34-17-24(38)33-18-25(39)46-32(4,5)6)35-28(41)23-15-11-16-37(23)30(43)26(21-13-9-8-10-14-21)36-31(44)45-19-20(2)3;2*1-2-4-6-5-3-1/h20-23,26H,7-19H2,1-6H3,(H,33,38)(H,34,42)(H,35,41)(H,36,44);2*1-6H/t22?,23-,26-;;/m0../s1. The van der Waals surface area contributed by atoms with Crippen molar-refractivity contribution < 1.29 is 43.0 Å². The Morgan fingerprint density at radius 3 is 1.78 bits per heavy atom. The average Bonchev–Trinajstić information content (AvgIpc) is 3.72. The molecule has 1 saturated heterocycles. The first kappa shape index (κ1) is 48.9. The van der Waals surface area contributed by atoms with Crippen molar-refractivity contribution in [3.63, 3.8) is 0 Å². The fourth-order valence-corrected chi connectivity index (χ4v) is 6.35. The number of carbonyl (C=O) groups is 7. The van der Waals surface area contributed by atoms with Gasteiger partial charge in [-0.3, -0.25) is 28.8 Å². The summed E-state index contributed by atoms with van der Waals surface area (Å²) >= 11 is 0. The maximum atomic E-state index is 13.9. The highest BCUT2D eigenvalue weighted by atomic mass is 16.6. The van der Waals surface area contributed by atoms with E-state index < -0.39 is 72.4 Å². The van der Waals surface area contributed by atoms with E-state index in [1.807, 2.05) is 86.6 Å². The molecule has 2 aromatic rings. The summed E-state index contributed by atoms with van der Waals surface area (Å²) in [6.07, 6.45) is 5.37. The molecule has 0 bridgehead atoms. The number of amides is 5. The van der Waals surface area contributed by atoms with Crippen molar-refractivity contribution in [3.05, 3.63) is 72.8 Å². The largest absolute Gasteiger partial charge is 0.459 e. The van der Waals surface area contributed by atoms with Crippen molar-refractivity contribution in [3.8, 4) is 0 Å². The van der Waals surface area contributed by atoms with Gasteiger partial charge >= 0.3 is 12.1 Å². The first-order valence-electron chi connectivity index (χ1n) is 20.5. The Labute approximate surface area is 343 Å². The quantitative estimate of drug-likeness (QED) is 0.140. The lowest BCUT2D eigenvalue weighted by Gasteiger charge is -2.34. The van der Waals surface area contributed by atoms with Gasteiger partial charge in [0.25, 0.3) is 5.91 Å². The number of benzene rings is 2. The normalized spacial score (nSPS) is 16.1. The third kappa shape index (κ3) is 19.7. The van der Waals surface area contributed by atoms with Crippen molar-refractivity contribution in [2.75, 3.05) is 26.2 Å². The number of nitrogens with zero attached hydrogens (tertiary/aromatic N) is 1. The summed E-state index contributed by atoms with van der Waals surface area (Å²) in [6.45, 7) is 10.2. The summed E-state index contributed by atoms with van der Waals surface area (Å²) in [5, 5.41) is 9.96. The van der Waals surface area contributed by atoms with E-state index in [1.54, 1.807) is 27.7 Å². The van der Waals surface area contributed by atoms with E-state index in [0.717, 1.165) is 32.1 Å². The number of rotatable bonds is 15. The van der Waals surface area contributed by atoms with Crippen LogP contribution in [0.15, 0.2) is 72.8 Å². The Bertz CT molecular complexity index is 1480. The Kier molecular flexibility index (Phi) is 22.4. The fraction of sp³-hybridized carbons (Fsp3) is 0.568. The highest BCUT2D eigenvalue weighted by Gasteiger charge is 2.42. The van der Waals surface area contributed by atoms with Gasteiger partial charge in [0.2, 0.25) is 23.5 Å². The second kappa shape index (κ2) is 26.6. The predicted octanol–water partition coefficient (Wildman–Crippen LogP) is 5.11. The van der Waals surface area contributed by atoms with Gasteiger partial charge in [-0.15, -0.1) is 0 Å². The van der Waals surface area contributed by atoms with Crippen LogP contribution in [0.3, 0.4) is 0 Å². The molecule has 2 fully saturated rings. The van der Waals surface area contributed by atoms with Crippen LogP contribution in [0.5, 0.6) is 0 Å². The number of ketones is 1. The molecule has 1 saturated carbocycles. The van der Waals surface area contributed by atoms with Crippen LogP contribution in [0.1, 0.15) is 99.3 Å². The van der Waals surface area contributed by atoms with E-state index in [-0.39, 0.29) is 30.8 Å². The smallest absolute Gasteiger partial charge is 0.407 e. The molecular weight excluding hydrogens is 743 g/mol. The lowest BCUT2D eigenvalue weighted by molar-refractivity contribution is -0.154. The molecule has 2 aromatic carbocycles. The fourth-order valence-electron chi connectivity index (χ4n) is 6.35. The summed E-state index contributed by atoms with van der Waals surface area (Å²) in [4.78, 5) is 90.9. The van der Waals surface area contributed by atoms with Crippen LogP contribution >= 0.6 is 0 Å². The van der Waals surface area contributed by atoms with Crippen LogP contribution in [0.2, 0.25) is 0 Å². The van der Waals surface area contributed by atoms with Crippen molar-refractivity contribution in [1.29, 1.82) is 0 Å². The first-order valence-corrected chi connectivity index (χ1v) is 20.5. The number of hydrogen-bond acceptors (Lipinski definition) is 9. The molecular formula is C44H65N5O9. The molecule has 0 radical (unpaired) electrons. The predicted molar refractivity (Wildman–Crippen MR) is 221 cm³/mol. The summed E-state index contributed by atoms with van der Waals surface area (Å²) in [5.41, 5.74) is -0.723. The average molecular weight is 808 g/mol. The van der Waals surface area contributed by atoms with Crippen LogP contribution in [0, 0.1) is 11.8 Å². The van der Waals surface area contributed by atoms with Gasteiger partial charge in [0, 0.05) is 6.54 Å². The zero-order valence-electron chi connectivity index (χ0n) is 35.1. The van der Waals surface area contributed by atoms with Crippen LogP contribution in [0.4, 0.5) is 4.79 Å². The maximum absolute atomic E-state index is 13.9. The Morgan fingerprint density at radius 2 is 1.28 bits per heavy atom. The molecule has 4 rings (SSSR count). The molecule has 3 atom stereocenters. The van der Waals surface area contributed by atoms with E-state index in [9.17, 15) is 33.6 Å². The minimum absolute atomic E-state index is 0.0865. The number of alkyl carbamates (subject to hydrolysis) is 1. The molecule has 2 aliphatic rings. The second-order valence-corrected chi connectivity index (χ2v) is 15.8.